The van der Waals surface area contributed by atoms with Crippen molar-refractivity contribution in [1.29, 1.82) is 0 Å². The number of nitrogens with zero attached hydrogens (tertiary/aromatic N) is 3. The van der Waals surface area contributed by atoms with Crippen molar-refractivity contribution >= 4 is 12.4 Å². The van der Waals surface area contributed by atoms with E-state index < -0.39 is 0 Å². The first-order valence-corrected chi connectivity index (χ1v) is 13.2. The molecule has 1 aromatic heterocycles. The van der Waals surface area contributed by atoms with E-state index in [9.17, 15) is 0 Å². The van der Waals surface area contributed by atoms with Crippen LogP contribution in [0.15, 0.2) is 126 Å². The number of rotatable bonds is 8. The van der Waals surface area contributed by atoms with Gasteiger partial charge in [0.25, 0.3) is 0 Å². The van der Waals surface area contributed by atoms with Gasteiger partial charge in [-0.05, 0) is 35.4 Å². The fraction of sp³-hybridized carbons (Fsp3) is 0.182. The van der Waals surface area contributed by atoms with E-state index in [4.69, 9.17) is 9.26 Å². The van der Waals surface area contributed by atoms with Gasteiger partial charge in [0.05, 0.1) is 12.6 Å². The Hall–Kier alpha value is -3.90. The zero-order chi connectivity index (χ0) is 25.6. The minimum absolute atomic E-state index is 0. The molecule has 2 heterocycles. The normalized spacial score (nSPS) is 14.2. The fourth-order valence-corrected chi connectivity index (χ4v) is 5.15. The van der Waals surface area contributed by atoms with Gasteiger partial charge < -0.3 is 9.26 Å². The van der Waals surface area contributed by atoms with E-state index in [-0.39, 0.29) is 18.4 Å². The maximum absolute atomic E-state index is 5.99. The zero-order valence-corrected chi connectivity index (χ0v) is 22.5. The van der Waals surface area contributed by atoms with Crippen LogP contribution in [0.4, 0.5) is 0 Å². The highest BCUT2D eigenvalue weighted by Crippen LogP contribution is 2.30. The van der Waals surface area contributed by atoms with Gasteiger partial charge in [-0.1, -0.05) is 96.2 Å². The number of benzene rings is 4. The first kappa shape index (κ1) is 26.7. The second-order valence-electron chi connectivity index (χ2n) is 9.66. The molecule has 1 fully saturated rings. The first-order valence-electron chi connectivity index (χ1n) is 13.2. The molecule has 198 valence electrons. The van der Waals surface area contributed by atoms with Crippen molar-refractivity contribution < 1.29 is 9.26 Å². The van der Waals surface area contributed by atoms with Gasteiger partial charge in [0.1, 0.15) is 17.2 Å². The van der Waals surface area contributed by atoms with E-state index in [0.717, 1.165) is 61.2 Å². The molecule has 1 aliphatic rings. The first-order chi connectivity index (χ1) is 18.8. The molecular formula is C33H32ClN3O2. The fourth-order valence-electron chi connectivity index (χ4n) is 5.15. The summed E-state index contributed by atoms with van der Waals surface area (Å²) >= 11 is 0. The number of hydrogen-bond donors (Lipinski definition) is 0. The molecule has 5 aromatic rings. The van der Waals surface area contributed by atoms with Gasteiger partial charge >= 0.3 is 0 Å². The van der Waals surface area contributed by atoms with Crippen LogP contribution >= 0.6 is 12.4 Å². The lowest BCUT2D eigenvalue weighted by Crippen LogP contribution is -2.47. The van der Waals surface area contributed by atoms with Gasteiger partial charge in [-0.3, -0.25) is 9.80 Å². The van der Waals surface area contributed by atoms with Crippen LogP contribution in [0, 0.1) is 0 Å². The third-order valence-corrected chi connectivity index (χ3v) is 7.05. The van der Waals surface area contributed by atoms with Crippen molar-refractivity contribution in [2.45, 2.75) is 12.6 Å². The average Bonchev–Trinajstić information content (AvgIpc) is 3.45. The number of ether oxygens (including phenoxy) is 1. The molecule has 1 aliphatic heterocycles. The molecule has 0 spiro atoms. The standard InChI is InChI=1S/C33H31N3O2.ClH/c1-4-11-26(12-5-1)33(27-13-6-2-7-14-27)36-21-19-35(20-22-36)25-31-24-32(34-38-31)28-15-10-18-30(23-28)37-29-16-8-3-9-17-29;/h1-18,23-24,33H,19-22,25H2;1H. The zero-order valence-electron chi connectivity index (χ0n) is 21.7. The molecule has 0 unspecified atom stereocenters. The van der Waals surface area contributed by atoms with Gasteiger partial charge in [-0.25, -0.2) is 0 Å². The smallest absolute Gasteiger partial charge is 0.151 e. The summed E-state index contributed by atoms with van der Waals surface area (Å²) in [5, 5.41) is 4.35. The summed E-state index contributed by atoms with van der Waals surface area (Å²) in [6.07, 6.45) is 0. The largest absolute Gasteiger partial charge is 0.457 e. The molecule has 0 amide bonds. The average molecular weight is 538 g/mol. The number of aromatic nitrogens is 1. The molecular weight excluding hydrogens is 506 g/mol. The summed E-state index contributed by atoms with van der Waals surface area (Å²) in [6.45, 7) is 4.70. The van der Waals surface area contributed by atoms with Crippen molar-refractivity contribution in [3.63, 3.8) is 0 Å². The summed E-state index contributed by atoms with van der Waals surface area (Å²) in [7, 11) is 0. The Morgan fingerprint density at radius 3 is 1.90 bits per heavy atom. The summed E-state index contributed by atoms with van der Waals surface area (Å²) in [5.41, 5.74) is 4.48. The monoisotopic (exact) mass is 537 g/mol. The predicted molar refractivity (Wildman–Crippen MR) is 157 cm³/mol. The van der Waals surface area contributed by atoms with Gasteiger partial charge in [-0.2, -0.15) is 0 Å². The van der Waals surface area contributed by atoms with Crippen LogP contribution < -0.4 is 4.74 Å². The Bertz CT molecular complexity index is 1400. The third kappa shape index (κ3) is 6.58. The molecule has 6 rings (SSSR count). The summed E-state index contributed by atoms with van der Waals surface area (Å²) in [6, 6.07) is 41.7. The SMILES string of the molecule is Cl.c1ccc(Oc2cccc(-c3cc(CN4CCN(C(c5ccccc5)c5ccccc5)CC4)on3)c2)cc1. The van der Waals surface area contributed by atoms with Crippen molar-refractivity contribution in [3.8, 4) is 22.8 Å². The summed E-state index contributed by atoms with van der Waals surface area (Å²) in [5.74, 6) is 2.47. The highest BCUT2D eigenvalue weighted by Gasteiger charge is 2.26. The highest BCUT2D eigenvalue weighted by molar-refractivity contribution is 5.85. The van der Waals surface area contributed by atoms with E-state index in [2.05, 4.69) is 75.6 Å². The van der Waals surface area contributed by atoms with Crippen LogP contribution in [-0.4, -0.2) is 41.1 Å². The number of para-hydroxylation sites is 1. The van der Waals surface area contributed by atoms with Crippen LogP contribution in [0.1, 0.15) is 22.9 Å². The Labute approximate surface area is 236 Å². The molecule has 0 N–H and O–H groups in total. The highest BCUT2D eigenvalue weighted by atomic mass is 35.5. The Morgan fingerprint density at radius 2 is 1.26 bits per heavy atom. The van der Waals surface area contributed by atoms with Crippen LogP contribution in [0.5, 0.6) is 11.5 Å². The topological polar surface area (TPSA) is 41.7 Å². The molecule has 5 nitrogen and oxygen atoms in total. The predicted octanol–water partition coefficient (Wildman–Crippen LogP) is 7.46. The van der Waals surface area contributed by atoms with Gasteiger partial charge in [0.2, 0.25) is 0 Å². The van der Waals surface area contributed by atoms with Crippen LogP contribution in [0.2, 0.25) is 0 Å². The van der Waals surface area contributed by atoms with E-state index in [1.165, 1.54) is 11.1 Å². The molecule has 0 radical (unpaired) electrons. The van der Waals surface area contributed by atoms with Crippen molar-refractivity contribution in [2.24, 2.45) is 0 Å². The lowest BCUT2D eigenvalue weighted by atomic mass is 9.96. The van der Waals surface area contributed by atoms with E-state index in [0.29, 0.717) is 0 Å². The Morgan fingerprint density at radius 1 is 0.667 bits per heavy atom. The quantitative estimate of drug-likeness (QED) is 0.205. The second-order valence-corrected chi connectivity index (χ2v) is 9.66. The molecule has 0 bridgehead atoms. The van der Waals surface area contributed by atoms with Gasteiger partial charge in [0, 0.05) is 37.8 Å². The summed E-state index contributed by atoms with van der Waals surface area (Å²) in [4.78, 5) is 5.04. The molecule has 0 aliphatic carbocycles. The van der Waals surface area contributed by atoms with Crippen LogP contribution in [-0.2, 0) is 6.54 Å². The number of halogens is 1. The van der Waals surface area contributed by atoms with Crippen LogP contribution in [0.25, 0.3) is 11.3 Å². The third-order valence-electron chi connectivity index (χ3n) is 7.05. The maximum Gasteiger partial charge on any atom is 0.151 e. The van der Waals surface area contributed by atoms with E-state index >= 15 is 0 Å². The van der Waals surface area contributed by atoms with Crippen LogP contribution in [0.3, 0.4) is 0 Å². The van der Waals surface area contributed by atoms with E-state index in [1.807, 2.05) is 60.7 Å². The molecule has 0 saturated carbocycles. The molecule has 4 aromatic carbocycles. The van der Waals surface area contributed by atoms with Gasteiger partial charge in [-0.15, -0.1) is 12.4 Å². The molecule has 39 heavy (non-hydrogen) atoms. The molecule has 1 saturated heterocycles. The number of hydrogen-bond acceptors (Lipinski definition) is 5. The van der Waals surface area contributed by atoms with Crippen molar-refractivity contribution in [3.05, 3.63) is 138 Å². The second kappa shape index (κ2) is 12.8. The van der Waals surface area contributed by atoms with Crippen molar-refractivity contribution in [1.82, 2.24) is 15.0 Å². The van der Waals surface area contributed by atoms with Gasteiger partial charge in [0.15, 0.2) is 5.76 Å². The van der Waals surface area contributed by atoms with Crippen molar-refractivity contribution in [2.75, 3.05) is 26.2 Å². The maximum atomic E-state index is 5.99. The molecule has 6 heteroatoms. The molecule has 0 atom stereocenters. The summed E-state index contributed by atoms with van der Waals surface area (Å²) < 4.78 is 11.7. The minimum atomic E-state index is 0. The minimum Gasteiger partial charge on any atom is -0.457 e. The Kier molecular flexibility index (Phi) is 8.74. The lowest BCUT2D eigenvalue weighted by molar-refractivity contribution is 0.0980. The number of piperazine rings is 1. The Balaban J connectivity index is 0.00000308. The lowest BCUT2D eigenvalue weighted by Gasteiger charge is -2.39. The van der Waals surface area contributed by atoms with E-state index in [1.54, 1.807) is 0 Å².